The number of nitrogens with one attached hydrogen (secondary N) is 1. The van der Waals surface area contributed by atoms with Crippen molar-refractivity contribution >= 4 is 33.5 Å². The zero-order chi connectivity index (χ0) is 19.3. The Labute approximate surface area is 158 Å². The van der Waals surface area contributed by atoms with E-state index >= 15 is 0 Å². The lowest BCUT2D eigenvalue weighted by atomic mass is 10.1. The lowest BCUT2D eigenvalue weighted by Gasteiger charge is -2.18. The van der Waals surface area contributed by atoms with Gasteiger partial charge in [-0.1, -0.05) is 19.1 Å². The van der Waals surface area contributed by atoms with Crippen LogP contribution in [0.25, 0.3) is 0 Å². The van der Waals surface area contributed by atoms with Crippen molar-refractivity contribution in [3.05, 3.63) is 24.3 Å². The van der Waals surface area contributed by atoms with Gasteiger partial charge in [0.2, 0.25) is 5.91 Å². The summed E-state index contributed by atoms with van der Waals surface area (Å²) in [6, 6.07) is 6.60. The van der Waals surface area contributed by atoms with E-state index in [-0.39, 0.29) is 22.6 Å². The van der Waals surface area contributed by atoms with Crippen LogP contribution >= 0.6 is 11.8 Å². The van der Waals surface area contributed by atoms with Crippen molar-refractivity contribution in [2.45, 2.75) is 60.6 Å². The first-order valence-corrected chi connectivity index (χ1v) is 11.3. The molecule has 0 bridgehead atoms. The van der Waals surface area contributed by atoms with Crippen LogP contribution in [0, 0.1) is 5.92 Å². The van der Waals surface area contributed by atoms with E-state index in [4.69, 9.17) is 5.11 Å². The number of sulfone groups is 1. The number of hydrogen-bond donors (Lipinski definition) is 2. The molecule has 2 rings (SSSR count). The van der Waals surface area contributed by atoms with E-state index < -0.39 is 27.0 Å². The second-order valence-corrected chi connectivity index (χ2v) is 10.0. The van der Waals surface area contributed by atoms with Gasteiger partial charge in [-0.15, -0.1) is 11.8 Å². The van der Waals surface area contributed by atoms with Gasteiger partial charge < -0.3 is 10.4 Å². The predicted octanol–water partition coefficient (Wildman–Crippen LogP) is 2.72. The second kappa shape index (κ2) is 8.90. The summed E-state index contributed by atoms with van der Waals surface area (Å²) in [5.41, 5.74) is 0. The Morgan fingerprint density at radius 2 is 2.00 bits per heavy atom. The maximum absolute atomic E-state index is 12.4. The normalized spacial score (nSPS) is 21.3. The fraction of sp³-hybridized carbons (Fsp3) is 0.556. The minimum atomic E-state index is -3.37. The fourth-order valence-corrected chi connectivity index (χ4v) is 5.92. The van der Waals surface area contributed by atoms with E-state index in [1.165, 1.54) is 11.8 Å². The van der Waals surface area contributed by atoms with E-state index in [1.807, 2.05) is 6.92 Å². The quantitative estimate of drug-likeness (QED) is 0.652. The van der Waals surface area contributed by atoms with E-state index in [1.54, 1.807) is 31.2 Å². The zero-order valence-electron chi connectivity index (χ0n) is 15.0. The molecule has 1 aliphatic carbocycles. The van der Waals surface area contributed by atoms with Crippen LogP contribution in [0.3, 0.4) is 0 Å². The van der Waals surface area contributed by atoms with Crippen LogP contribution < -0.4 is 5.32 Å². The number of carboxylic acid groups (broad SMARTS) is 1. The summed E-state index contributed by atoms with van der Waals surface area (Å²) in [5.74, 6) is -1.35. The summed E-state index contributed by atoms with van der Waals surface area (Å²) in [7, 11) is -3.37. The number of rotatable bonds is 8. The average molecular weight is 400 g/mol. The Morgan fingerprint density at radius 3 is 2.62 bits per heavy atom. The van der Waals surface area contributed by atoms with Gasteiger partial charge in [-0.25, -0.2) is 8.42 Å². The van der Waals surface area contributed by atoms with Crippen LogP contribution in [0.1, 0.15) is 39.5 Å². The molecule has 8 heteroatoms. The summed E-state index contributed by atoms with van der Waals surface area (Å²) in [6.07, 6.45) is 2.20. The van der Waals surface area contributed by atoms with Crippen LogP contribution in [0.5, 0.6) is 0 Å². The number of hydrogen-bond acceptors (Lipinski definition) is 5. The van der Waals surface area contributed by atoms with Gasteiger partial charge in [0.15, 0.2) is 9.84 Å². The van der Waals surface area contributed by atoms with Gasteiger partial charge in [-0.2, -0.15) is 0 Å². The first-order valence-electron chi connectivity index (χ1n) is 8.76. The van der Waals surface area contributed by atoms with Gasteiger partial charge in [0.25, 0.3) is 0 Å². The van der Waals surface area contributed by atoms with Crippen molar-refractivity contribution in [3.8, 4) is 0 Å². The number of carbonyl (C=O) groups excluding carboxylic acids is 1. The first-order chi connectivity index (χ1) is 12.2. The van der Waals surface area contributed by atoms with Crippen molar-refractivity contribution in [2.75, 3.05) is 5.75 Å². The Bertz CT molecular complexity index is 763. The molecule has 1 aromatic rings. The van der Waals surface area contributed by atoms with Crippen LogP contribution in [0.4, 0.5) is 0 Å². The number of benzene rings is 1. The summed E-state index contributed by atoms with van der Waals surface area (Å²) >= 11 is 1.21. The van der Waals surface area contributed by atoms with Crippen molar-refractivity contribution < 1.29 is 23.1 Å². The Morgan fingerprint density at radius 1 is 1.31 bits per heavy atom. The predicted molar refractivity (Wildman–Crippen MR) is 101 cm³/mol. The van der Waals surface area contributed by atoms with Crippen molar-refractivity contribution in [1.29, 1.82) is 0 Å². The van der Waals surface area contributed by atoms with Crippen molar-refractivity contribution in [2.24, 2.45) is 5.92 Å². The number of thioether (sulfide) groups is 1. The molecule has 0 radical (unpaired) electrons. The van der Waals surface area contributed by atoms with Gasteiger partial charge >= 0.3 is 5.97 Å². The fourth-order valence-electron chi connectivity index (χ4n) is 3.08. The summed E-state index contributed by atoms with van der Waals surface area (Å²) in [4.78, 5) is 24.3. The average Bonchev–Trinajstić information content (AvgIpc) is 3.04. The maximum atomic E-state index is 12.4. The van der Waals surface area contributed by atoms with E-state index in [9.17, 15) is 18.0 Å². The molecule has 6 nitrogen and oxygen atoms in total. The van der Waals surface area contributed by atoms with Crippen molar-refractivity contribution in [1.82, 2.24) is 5.32 Å². The maximum Gasteiger partial charge on any atom is 0.306 e. The van der Waals surface area contributed by atoms with Gasteiger partial charge in [-0.3, -0.25) is 9.59 Å². The number of amides is 1. The molecule has 26 heavy (non-hydrogen) atoms. The number of carbonyl (C=O) groups is 2. The van der Waals surface area contributed by atoms with Crippen LogP contribution in [-0.4, -0.2) is 42.4 Å². The summed E-state index contributed by atoms with van der Waals surface area (Å²) in [5, 5.41) is 11.5. The summed E-state index contributed by atoms with van der Waals surface area (Å²) < 4.78 is 24.8. The highest BCUT2D eigenvalue weighted by Crippen LogP contribution is 2.31. The highest BCUT2D eigenvalue weighted by Gasteiger charge is 2.31. The van der Waals surface area contributed by atoms with E-state index in [2.05, 4.69) is 5.32 Å². The summed E-state index contributed by atoms with van der Waals surface area (Å²) in [6.45, 7) is 3.54. The molecule has 3 atom stereocenters. The molecule has 0 aromatic heterocycles. The molecule has 1 aromatic carbocycles. The monoisotopic (exact) mass is 399 g/mol. The standard InChI is InChI=1S/C18H25NO5S2/c1-3-10-26(23,24)16-7-5-4-6-15(16)25-12(2)17(20)19-14-9-8-13(11-14)18(21)22/h4-7,12-14H,3,8-11H2,1-2H3,(H,19,20)(H,21,22)/t12?,13-,14+/m0/s1. The molecular weight excluding hydrogens is 374 g/mol. The molecule has 0 saturated heterocycles. The molecule has 1 amide bonds. The molecule has 0 spiro atoms. The molecular formula is C18H25NO5S2. The molecule has 1 fully saturated rings. The first kappa shape index (κ1) is 20.8. The molecule has 144 valence electrons. The molecule has 1 aliphatic rings. The third kappa shape index (κ3) is 5.23. The molecule has 1 saturated carbocycles. The largest absolute Gasteiger partial charge is 0.481 e. The third-order valence-electron chi connectivity index (χ3n) is 4.46. The molecule has 2 N–H and O–H groups in total. The van der Waals surface area contributed by atoms with E-state index in [0.29, 0.717) is 30.6 Å². The SMILES string of the molecule is CCCS(=O)(=O)c1ccccc1SC(C)C(=O)N[C@@H]1CC[C@H](C(=O)O)C1. The minimum absolute atomic E-state index is 0.0732. The van der Waals surface area contributed by atoms with Crippen LogP contribution in [0.15, 0.2) is 34.1 Å². The van der Waals surface area contributed by atoms with E-state index in [0.717, 1.165) is 0 Å². The van der Waals surface area contributed by atoms with Gasteiger partial charge in [-0.05, 0) is 44.7 Å². The second-order valence-electron chi connectivity index (χ2n) is 6.58. The van der Waals surface area contributed by atoms with Crippen molar-refractivity contribution in [3.63, 3.8) is 0 Å². The minimum Gasteiger partial charge on any atom is -0.481 e. The number of aliphatic carboxylic acids is 1. The highest BCUT2D eigenvalue weighted by molar-refractivity contribution is 8.01. The third-order valence-corrected chi connectivity index (χ3v) is 7.74. The number of carboxylic acids is 1. The zero-order valence-corrected chi connectivity index (χ0v) is 16.6. The molecule has 1 unspecified atom stereocenters. The van der Waals surface area contributed by atoms with Crippen LogP contribution in [-0.2, 0) is 19.4 Å². The Hall–Kier alpha value is -1.54. The molecule has 0 heterocycles. The van der Waals surface area contributed by atoms with Gasteiger partial charge in [0.05, 0.1) is 21.8 Å². The van der Waals surface area contributed by atoms with Crippen LogP contribution in [0.2, 0.25) is 0 Å². The topological polar surface area (TPSA) is 101 Å². The lowest BCUT2D eigenvalue weighted by molar-refractivity contribution is -0.141. The smallest absolute Gasteiger partial charge is 0.306 e. The Kier molecular flexibility index (Phi) is 7.11. The van der Waals surface area contributed by atoms with Gasteiger partial charge in [0, 0.05) is 10.9 Å². The van der Waals surface area contributed by atoms with Gasteiger partial charge in [0.1, 0.15) is 0 Å². The molecule has 0 aliphatic heterocycles. The lowest BCUT2D eigenvalue weighted by Crippen LogP contribution is -2.38. The Balaban J connectivity index is 2.03. The highest BCUT2D eigenvalue weighted by atomic mass is 32.2.